The number of carbonyl (C=O) groups excluding carboxylic acids is 1. The highest BCUT2D eigenvalue weighted by Gasteiger charge is 2.10. The van der Waals surface area contributed by atoms with Crippen LogP contribution in [0.2, 0.25) is 5.02 Å². The summed E-state index contributed by atoms with van der Waals surface area (Å²) in [7, 11) is 1.77. The number of aromatic nitrogens is 3. The molecule has 1 N–H and O–H groups in total. The second-order valence-electron chi connectivity index (χ2n) is 5.47. The molecule has 0 saturated heterocycles. The first-order valence-corrected chi connectivity index (χ1v) is 7.99. The number of rotatable bonds is 7. The average molecular weight is 336 g/mol. The minimum Gasteiger partial charge on any atom is -0.344 e. The summed E-state index contributed by atoms with van der Waals surface area (Å²) in [6.07, 6.45) is 1.79. The number of halogens is 1. The molecule has 0 radical (unpaired) electrons. The molecular weight excluding hydrogens is 314 g/mol. The second kappa shape index (κ2) is 8.08. The maximum absolute atomic E-state index is 11.8. The van der Waals surface area contributed by atoms with Crippen molar-refractivity contribution < 1.29 is 4.79 Å². The van der Waals surface area contributed by atoms with E-state index in [-0.39, 0.29) is 18.5 Å². The summed E-state index contributed by atoms with van der Waals surface area (Å²) in [5, 5.41) is 12.2. The number of hydrogen-bond acceptors (Lipinski definition) is 4. The molecular formula is C16H22ClN5O. The highest BCUT2D eigenvalue weighted by Crippen LogP contribution is 2.17. The quantitative estimate of drug-likeness (QED) is 0.843. The van der Waals surface area contributed by atoms with Gasteiger partial charge in [0.25, 0.3) is 0 Å². The maximum Gasteiger partial charge on any atom is 0.244 e. The van der Waals surface area contributed by atoms with Gasteiger partial charge in [-0.3, -0.25) is 4.79 Å². The van der Waals surface area contributed by atoms with Crippen molar-refractivity contribution in [3.63, 3.8) is 0 Å². The molecule has 1 atom stereocenters. The zero-order valence-electron chi connectivity index (χ0n) is 13.7. The van der Waals surface area contributed by atoms with Gasteiger partial charge >= 0.3 is 0 Å². The molecule has 0 fully saturated rings. The molecule has 1 amide bonds. The molecule has 0 bridgehead atoms. The van der Waals surface area contributed by atoms with Gasteiger partial charge in [0.05, 0.1) is 11.9 Å². The van der Waals surface area contributed by atoms with E-state index in [0.717, 1.165) is 16.3 Å². The molecule has 2 aromatic rings. The highest BCUT2D eigenvalue weighted by molar-refractivity contribution is 6.30. The third kappa shape index (κ3) is 5.04. The van der Waals surface area contributed by atoms with Crippen LogP contribution in [0.15, 0.2) is 30.5 Å². The van der Waals surface area contributed by atoms with Crippen LogP contribution in [-0.4, -0.2) is 39.4 Å². The van der Waals surface area contributed by atoms with E-state index in [1.807, 2.05) is 31.2 Å². The number of amides is 1. The molecule has 0 aliphatic rings. The molecule has 1 aromatic carbocycles. The Hall–Kier alpha value is -1.92. The van der Waals surface area contributed by atoms with Crippen molar-refractivity contribution in [3.8, 4) is 0 Å². The van der Waals surface area contributed by atoms with Crippen LogP contribution in [0.25, 0.3) is 0 Å². The first-order valence-electron chi connectivity index (χ1n) is 7.61. The highest BCUT2D eigenvalue weighted by atomic mass is 35.5. The van der Waals surface area contributed by atoms with Crippen molar-refractivity contribution in [2.75, 3.05) is 13.6 Å². The van der Waals surface area contributed by atoms with Crippen LogP contribution >= 0.6 is 11.6 Å². The largest absolute Gasteiger partial charge is 0.344 e. The van der Waals surface area contributed by atoms with Crippen molar-refractivity contribution in [2.24, 2.45) is 0 Å². The van der Waals surface area contributed by atoms with Gasteiger partial charge in [0.2, 0.25) is 5.91 Å². The monoisotopic (exact) mass is 335 g/mol. The summed E-state index contributed by atoms with van der Waals surface area (Å²) in [4.78, 5) is 13.5. The number of benzene rings is 1. The molecule has 0 aliphatic carbocycles. The lowest BCUT2D eigenvalue weighted by atomic mass is 10.1. The molecule has 1 unspecified atom stereocenters. The van der Waals surface area contributed by atoms with Gasteiger partial charge in [0, 0.05) is 31.2 Å². The summed E-state index contributed by atoms with van der Waals surface area (Å²) < 4.78 is 1.57. The van der Waals surface area contributed by atoms with Gasteiger partial charge in [-0.1, -0.05) is 28.9 Å². The number of nitrogens with one attached hydrogen (secondary N) is 1. The van der Waals surface area contributed by atoms with Crippen LogP contribution in [0.3, 0.4) is 0 Å². The Labute approximate surface area is 141 Å². The third-order valence-corrected chi connectivity index (χ3v) is 3.96. The molecule has 1 heterocycles. The van der Waals surface area contributed by atoms with Crippen LogP contribution in [-0.2, 0) is 17.9 Å². The summed E-state index contributed by atoms with van der Waals surface area (Å²) in [5.41, 5.74) is 1.91. The lowest BCUT2D eigenvalue weighted by Crippen LogP contribution is -2.30. The molecule has 1 aromatic heterocycles. The molecule has 0 aliphatic heterocycles. The number of hydrogen-bond donors (Lipinski definition) is 1. The van der Waals surface area contributed by atoms with Crippen molar-refractivity contribution >= 4 is 17.5 Å². The average Bonchev–Trinajstić information content (AvgIpc) is 2.99. The van der Waals surface area contributed by atoms with E-state index in [1.54, 1.807) is 22.8 Å². The van der Waals surface area contributed by atoms with Crippen LogP contribution in [0.5, 0.6) is 0 Å². The van der Waals surface area contributed by atoms with E-state index < -0.39 is 0 Å². The molecule has 0 saturated carbocycles. The van der Waals surface area contributed by atoms with Crippen LogP contribution in [0.4, 0.5) is 0 Å². The molecule has 0 spiro atoms. The Balaban J connectivity index is 1.88. The smallest absolute Gasteiger partial charge is 0.244 e. The Morgan fingerprint density at radius 3 is 2.96 bits per heavy atom. The van der Waals surface area contributed by atoms with Gasteiger partial charge in [-0.2, -0.15) is 0 Å². The van der Waals surface area contributed by atoms with Gasteiger partial charge < -0.3 is 10.2 Å². The minimum absolute atomic E-state index is 0.0178. The number of likely N-dealkylation sites (N-methyl/N-ethyl adjacent to an activating group) is 1. The summed E-state index contributed by atoms with van der Waals surface area (Å²) in [5.74, 6) is 0.0178. The SMILES string of the molecule is CCN(C)C(=O)Cn1cc(CNC(C)c2cccc(Cl)c2)nn1. The standard InChI is InChI=1S/C16H22ClN5O/c1-4-21(3)16(23)11-22-10-15(19-20-22)9-18-12(2)13-6-5-7-14(17)8-13/h5-8,10,12,18H,4,9,11H2,1-3H3. The topological polar surface area (TPSA) is 63.1 Å². The normalized spacial score (nSPS) is 12.2. The fraction of sp³-hybridized carbons (Fsp3) is 0.438. The first kappa shape index (κ1) is 17.4. The Morgan fingerprint density at radius 2 is 2.26 bits per heavy atom. The van der Waals surface area contributed by atoms with Crippen molar-refractivity contribution in [3.05, 3.63) is 46.7 Å². The van der Waals surface area contributed by atoms with Crippen molar-refractivity contribution in [1.82, 2.24) is 25.2 Å². The number of nitrogens with zero attached hydrogens (tertiary/aromatic N) is 4. The lowest BCUT2D eigenvalue weighted by Gasteiger charge is -2.14. The predicted molar refractivity (Wildman–Crippen MR) is 90.0 cm³/mol. The van der Waals surface area contributed by atoms with Crippen LogP contribution in [0, 0.1) is 0 Å². The van der Waals surface area contributed by atoms with E-state index in [9.17, 15) is 4.79 Å². The van der Waals surface area contributed by atoms with E-state index in [1.165, 1.54) is 0 Å². The van der Waals surface area contributed by atoms with Crippen molar-refractivity contribution in [2.45, 2.75) is 33.0 Å². The maximum atomic E-state index is 11.8. The molecule has 124 valence electrons. The molecule has 7 heteroatoms. The van der Waals surface area contributed by atoms with E-state index in [0.29, 0.717) is 13.1 Å². The van der Waals surface area contributed by atoms with E-state index in [4.69, 9.17) is 11.6 Å². The molecule has 23 heavy (non-hydrogen) atoms. The van der Waals surface area contributed by atoms with E-state index >= 15 is 0 Å². The first-order chi connectivity index (χ1) is 11.0. The fourth-order valence-electron chi connectivity index (χ4n) is 2.08. The van der Waals surface area contributed by atoms with Gasteiger partial charge in [0.1, 0.15) is 6.54 Å². The molecule has 6 nitrogen and oxygen atoms in total. The van der Waals surface area contributed by atoms with Gasteiger partial charge in [-0.15, -0.1) is 5.10 Å². The minimum atomic E-state index is 0.0178. The van der Waals surface area contributed by atoms with Crippen molar-refractivity contribution in [1.29, 1.82) is 0 Å². The van der Waals surface area contributed by atoms with Gasteiger partial charge in [-0.25, -0.2) is 4.68 Å². The van der Waals surface area contributed by atoms with Gasteiger partial charge in [-0.05, 0) is 31.5 Å². The van der Waals surface area contributed by atoms with E-state index in [2.05, 4.69) is 22.6 Å². The Bertz CT molecular complexity index is 657. The predicted octanol–water partition coefficient (Wildman–Crippen LogP) is 2.26. The summed E-state index contributed by atoms with van der Waals surface area (Å²) in [6, 6.07) is 7.90. The van der Waals surface area contributed by atoms with Gasteiger partial charge in [0.15, 0.2) is 0 Å². The Kier molecular flexibility index (Phi) is 6.12. The molecule has 2 rings (SSSR count). The lowest BCUT2D eigenvalue weighted by molar-refractivity contribution is -0.130. The third-order valence-electron chi connectivity index (χ3n) is 3.72. The Morgan fingerprint density at radius 1 is 1.48 bits per heavy atom. The zero-order chi connectivity index (χ0) is 16.8. The van der Waals surface area contributed by atoms with Crippen LogP contribution < -0.4 is 5.32 Å². The zero-order valence-corrected chi connectivity index (χ0v) is 14.4. The van der Waals surface area contributed by atoms with Crippen LogP contribution in [0.1, 0.15) is 31.1 Å². The number of carbonyl (C=O) groups is 1. The second-order valence-corrected chi connectivity index (χ2v) is 5.91. The summed E-state index contributed by atoms with van der Waals surface area (Å²) in [6.45, 7) is 5.47. The summed E-state index contributed by atoms with van der Waals surface area (Å²) >= 11 is 6.01. The fourth-order valence-corrected chi connectivity index (χ4v) is 2.28.